The normalized spacial score (nSPS) is 24.3. The smallest absolute Gasteiger partial charge is 0.255 e. The first kappa shape index (κ1) is 18.3. The topological polar surface area (TPSA) is 52.6 Å². The lowest BCUT2D eigenvalue weighted by molar-refractivity contribution is 0.0934. The first-order valence-electron chi connectivity index (χ1n) is 10.4. The first-order chi connectivity index (χ1) is 13.1. The van der Waals surface area contributed by atoms with Gasteiger partial charge in [0.05, 0.1) is 5.56 Å². The molecule has 1 aliphatic heterocycles. The summed E-state index contributed by atoms with van der Waals surface area (Å²) in [7, 11) is 0. The summed E-state index contributed by atoms with van der Waals surface area (Å²) in [6, 6.07) is 11.9. The molecule has 1 aliphatic carbocycles. The second-order valence-corrected chi connectivity index (χ2v) is 8.40. The van der Waals surface area contributed by atoms with E-state index in [9.17, 15) is 9.90 Å². The Bertz CT molecular complexity index is 813. The predicted molar refractivity (Wildman–Crippen MR) is 109 cm³/mol. The van der Waals surface area contributed by atoms with E-state index in [1.807, 2.05) is 30.3 Å². The monoisotopic (exact) mass is 366 g/mol. The number of hydrogen-bond donors (Lipinski definition) is 2. The van der Waals surface area contributed by atoms with Crippen LogP contribution >= 0.6 is 0 Å². The number of benzene rings is 2. The number of nitrogens with zero attached hydrogens (tertiary/aromatic N) is 1. The van der Waals surface area contributed by atoms with Crippen LogP contribution in [0, 0.1) is 5.92 Å². The minimum absolute atomic E-state index is 0.0794. The number of amides is 1. The average molecular weight is 367 g/mol. The fraction of sp³-hybridized carbons (Fsp3) is 0.522. The average Bonchev–Trinajstić information content (AvgIpc) is 3.01. The van der Waals surface area contributed by atoms with Crippen LogP contribution in [0.4, 0.5) is 0 Å². The summed E-state index contributed by atoms with van der Waals surface area (Å²) < 4.78 is 0. The van der Waals surface area contributed by atoms with Gasteiger partial charge in [0.25, 0.3) is 5.91 Å². The number of fused-ring (bicyclic) bond motifs is 1. The molecule has 4 nitrogen and oxygen atoms in total. The number of carbonyl (C=O) groups is 1. The van der Waals surface area contributed by atoms with E-state index in [2.05, 4.69) is 17.1 Å². The highest BCUT2D eigenvalue weighted by Crippen LogP contribution is 2.30. The van der Waals surface area contributed by atoms with Crippen molar-refractivity contribution < 1.29 is 9.90 Å². The molecule has 2 fully saturated rings. The van der Waals surface area contributed by atoms with Gasteiger partial charge in [0.2, 0.25) is 0 Å². The number of nitrogens with one attached hydrogen (secondary N) is 1. The van der Waals surface area contributed by atoms with E-state index in [-0.39, 0.29) is 17.7 Å². The number of rotatable bonds is 4. The van der Waals surface area contributed by atoms with Crippen molar-refractivity contribution in [2.75, 3.05) is 13.1 Å². The highest BCUT2D eigenvalue weighted by atomic mass is 16.3. The maximum Gasteiger partial charge on any atom is 0.255 e. The number of phenols is 1. The Morgan fingerprint density at radius 2 is 1.93 bits per heavy atom. The molecular weight excluding hydrogens is 336 g/mol. The van der Waals surface area contributed by atoms with Crippen LogP contribution in [0.3, 0.4) is 0 Å². The summed E-state index contributed by atoms with van der Waals surface area (Å²) in [6.07, 6.45) is 7.81. The van der Waals surface area contributed by atoms with Gasteiger partial charge in [-0.1, -0.05) is 49.6 Å². The van der Waals surface area contributed by atoms with Crippen LogP contribution < -0.4 is 5.32 Å². The molecule has 1 amide bonds. The third-order valence-electron chi connectivity index (χ3n) is 6.40. The van der Waals surface area contributed by atoms with E-state index in [1.165, 1.54) is 32.1 Å². The van der Waals surface area contributed by atoms with E-state index in [1.54, 1.807) is 6.07 Å². The molecule has 1 heterocycles. The van der Waals surface area contributed by atoms with Crippen LogP contribution in [0.25, 0.3) is 10.8 Å². The SMILES string of the molecule is C[C@H]1C[C@H](NC(=O)c2ccc3ccccc3c2O)CN1CC1CCCCC1. The van der Waals surface area contributed by atoms with Crippen molar-refractivity contribution in [1.29, 1.82) is 0 Å². The standard InChI is InChI=1S/C23H30N2O2/c1-16-13-19(15-25(16)14-17-7-3-2-4-8-17)24-23(27)21-12-11-18-9-5-6-10-20(18)22(21)26/h5-6,9-12,16-17,19,26H,2-4,7-8,13-15H2,1H3,(H,24,27)/t16-,19-/m0/s1. The van der Waals surface area contributed by atoms with Crippen molar-refractivity contribution in [2.45, 2.75) is 57.5 Å². The lowest BCUT2D eigenvalue weighted by atomic mass is 9.89. The molecule has 144 valence electrons. The van der Waals surface area contributed by atoms with Gasteiger partial charge in [0.15, 0.2) is 0 Å². The third-order valence-corrected chi connectivity index (χ3v) is 6.40. The zero-order valence-electron chi connectivity index (χ0n) is 16.2. The zero-order chi connectivity index (χ0) is 18.8. The summed E-state index contributed by atoms with van der Waals surface area (Å²) in [5, 5.41) is 15.4. The highest BCUT2D eigenvalue weighted by molar-refractivity contribution is 6.03. The quantitative estimate of drug-likeness (QED) is 0.847. The van der Waals surface area contributed by atoms with Gasteiger partial charge >= 0.3 is 0 Å². The molecular formula is C23H30N2O2. The molecule has 4 heteroatoms. The number of carbonyl (C=O) groups excluding carboxylic acids is 1. The van der Waals surface area contributed by atoms with Crippen LogP contribution in [-0.4, -0.2) is 41.1 Å². The number of hydrogen-bond acceptors (Lipinski definition) is 3. The third kappa shape index (κ3) is 3.96. The Hall–Kier alpha value is -2.07. The zero-order valence-corrected chi connectivity index (χ0v) is 16.2. The largest absolute Gasteiger partial charge is 0.506 e. The first-order valence-corrected chi connectivity index (χ1v) is 10.4. The van der Waals surface area contributed by atoms with Crippen molar-refractivity contribution in [3.05, 3.63) is 42.0 Å². The molecule has 4 rings (SSSR count). The Morgan fingerprint density at radius 3 is 2.74 bits per heavy atom. The van der Waals surface area contributed by atoms with Crippen molar-refractivity contribution in [3.8, 4) is 5.75 Å². The molecule has 0 bridgehead atoms. The van der Waals surface area contributed by atoms with E-state index >= 15 is 0 Å². The van der Waals surface area contributed by atoms with Crippen LogP contribution in [0.15, 0.2) is 36.4 Å². The van der Waals surface area contributed by atoms with E-state index in [4.69, 9.17) is 0 Å². The lowest BCUT2D eigenvalue weighted by Gasteiger charge is -2.29. The van der Waals surface area contributed by atoms with Crippen LogP contribution in [-0.2, 0) is 0 Å². The van der Waals surface area contributed by atoms with Gasteiger partial charge in [-0.15, -0.1) is 0 Å². The second kappa shape index (κ2) is 7.89. The van der Waals surface area contributed by atoms with Gasteiger partial charge in [-0.2, -0.15) is 0 Å². The molecule has 2 N–H and O–H groups in total. The second-order valence-electron chi connectivity index (χ2n) is 8.40. The van der Waals surface area contributed by atoms with Crippen LogP contribution in [0.2, 0.25) is 0 Å². The summed E-state index contributed by atoms with van der Waals surface area (Å²) >= 11 is 0. The molecule has 2 atom stereocenters. The predicted octanol–water partition coefficient (Wildman–Crippen LogP) is 4.32. The molecule has 0 unspecified atom stereocenters. The highest BCUT2D eigenvalue weighted by Gasteiger charge is 2.32. The molecule has 2 aromatic rings. The van der Waals surface area contributed by atoms with E-state index < -0.39 is 0 Å². The molecule has 1 saturated carbocycles. The molecule has 27 heavy (non-hydrogen) atoms. The molecule has 2 aliphatic rings. The maximum atomic E-state index is 12.8. The summed E-state index contributed by atoms with van der Waals surface area (Å²) in [4.78, 5) is 15.3. The Labute approximate surface area is 161 Å². The maximum absolute atomic E-state index is 12.8. The Morgan fingerprint density at radius 1 is 1.15 bits per heavy atom. The summed E-state index contributed by atoms with van der Waals surface area (Å²) in [6.45, 7) is 4.34. The van der Waals surface area contributed by atoms with Gasteiger partial charge in [-0.3, -0.25) is 9.69 Å². The summed E-state index contributed by atoms with van der Waals surface area (Å²) in [5.41, 5.74) is 0.368. The summed E-state index contributed by atoms with van der Waals surface area (Å²) in [5.74, 6) is 0.728. The molecule has 0 spiro atoms. The minimum atomic E-state index is -0.171. The molecule has 0 aromatic heterocycles. The fourth-order valence-electron chi connectivity index (χ4n) is 4.86. The number of phenolic OH excluding ortho intramolecular Hbond substituents is 1. The van der Waals surface area contributed by atoms with Gasteiger partial charge < -0.3 is 10.4 Å². The van der Waals surface area contributed by atoms with Gasteiger partial charge in [0.1, 0.15) is 5.75 Å². The number of likely N-dealkylation sites (tertiary alicyclic amines) is 1. The van der Waals surface area contributed by atoms with Crippen molar-refractivity contribution in [3.63, 3.8) is 0 Å². The number of aromatic hydroxyl groups is 1. The van der Waals surface area contributed by atoms with Crippen molar-refractivity contribution >= 4 is 16.7 Å². The van der Waals surface area contributed by atoms with Crippen molar-refractivity contribution in [2.24, 2.45) is 5.92 Å². The van der Waals surface area contributed by atoms with E-state index in [0.29, 0.717) is 11.6 Å². The Balaban J connectivity index is 1.40. The van der Waals surface area contributed by atoms with Crippen molar-refractivity contribution in [1.82, 2.24) is 10.2 Å². The van der Waals surface area contributed by atoms with E-state index in [0.717, 1.165) is 36.2 Å². The molecule has 0 radical (unpaired) electrons. The fourth-order valence-corrected chi connectivity index (χ4v) is 4.86. The van der Waals surface area contributed by atoms with Crippen LogP contribution in [0.5, 0.6) is 5.75 Å². The molecule has 2 aromatic carbocycles. The molecule has 1 saturated heterocycles. The van der Waals surface area contributed by atoms with Gasteiger partial charge in [-0.25, -0.2) is 0 Å². The minimum Gasteiger partial charge on any atom is -0.506 e. The van der Waals surface area contributed by atoms with Gasteiger partial charge in [-0.05, 0) is 43.6 Å². The lowest BCUT2D eigenvalue weighted by Crippen LogP contribution is -2.38. The van der Waals surface area contributed by atoms with Crippen LogP contribution in [0.1, 0.15) is 55.8 Å². The van der Waals surface area contributed by atoms with Gasteiger partial charge in [0, 0.05) is 30.6 Å². The Kier molecular flexibility index (Phi) is 5.35.